The average Bonchev–Trinajstić information content (AvgIpc) is 2.49. The van der Waals surface area contributed by atoms with Gasteiger partial charge in [-0.25, -0.2) is 0 Å². The number of halogens is 1. The van der Waals surface area contributed by atoms with E-state index in [2.05, 4.69) is 26.6 Å². The number of hydrogen-bond acceptors (Lipinski definition) is 4. The summed E-state index contributed by atoms with van der Waals surface area (Å²) < 4.78 is 12.2. The van der Waals surface area contributed by atoms with E-state index in [0.29, 0.717) is 35.4 Å². The molecule has 0 bridgehead atoms. The third-order valence-corrected chi connectivity index (χ3v) is 4.41. The van der Waals surface area contributed by atoms with Crippen LogP contribution in [0.1, 0.15) is 39.3 Å². The molecule has 1 aliphatic rings. The standard InChI is InChI=1S/C17H21BrN2O3S/c1-5-22-13-8-11(7-12(18)16(13)23-6-2)15-14(10(4)21)9(3)19-17(24)20-15/h7-8,15H,5-6H2,1-4H3,(H2,19,20,24). The molecule has 0 amide bonds. The maximum Gasteiger partial charge on any atom is 0.175 e. The number of nitrogens with one attached hydrogen (secondary N) is 2. The Bertz CT molecular complexity index is 703. The first kappa shape index (κ1) is 18.7. The molecule has 0 spiro atoms. The highest BCUT2D eigenvalue weighted by molar-refractivity contribution is 9.10. The summed E-state index contributed by atoms with van der Waals surface area (Å²) in [4.78, 5) is 12.1. The zero-order valence-electron chi connectivity index (χ0n) is 14.2. The summed E-state index contributed by atoms with van der Waals surface area (Å²) >= 11 is 8.79. The summed E-state index contributed by atoms with van der Waals surface area (Å²) in [5.74, 6) is 1.28. The van der Waals surface area contributed by atoms with Crippen molar-refractivity contribution in [3.05, 3.63) is 33.4 Å². The van der Waals surface area contributed by atoms with Crippen LogP contribution in [0.15, 0.2) is 27.9 Å². The van der Waals surface area contributed by atoms with E-state index in [1.54, 1.807) is 6.92 Å². The monoisotopic (exact) mass is 412 g/mol. The van der Waals surface area contributed by atoms with Crippen molar-refractivity contribution in [2.24, 2.45) is 0 Å². The Morgan fingerprint density at radius 2 is 1.96 bits per heavy atom. The Hall–Kier alpha value is -1.60. The number of rotatable bonds is 6. The van der Waals surface area contributed by atoms with E-state index in [4.69, 9.17) is 21.7 Å². The number of thiocarbonyl (C=S) groups is 1. The van der Waals surface area contributed by atoms with Crippen molar-refractivity contribution < 1.29 is 14.3 Å². The lowest BCUT2D eigenvalue weighted by Gasteiger charge is -2.30. The second-order valence-electron chi connectivity index (χ2n) is 5.32. The van der Waals surface area contributed by atoms with Gasteiger partial charge in [-0.2, -0.15) is 0 Å². The number of Topliss-reactive ketones (excluding diaryl/α,β-unsaturated/α-hetero) is 1. The Morgan fingerprint density at radius 3 is 2.54 bits per heavy atom. The summed E-state index contributed by atoms with van der Waals surface area (Å²) in [7, 11) is 0. The Balaban J connectivity index is 2.56. The second kappa shape index (κ2) is 7.98. The zero-order valence-corrected chi connectivity index (χ0v) is 16.6. The van der Waals surface area contributed by atoms with Gasteiger partial charge in [-0.15, -0.1) is 0 Å². The molecule has 130 valence electrons. The molecule has 1 aromatic rings. The van der Waals surface area contributed by atoms with Crippen LogP contribution in [0, 0.1) is 0 Å². The number of carbonyl (C=O) groups is 1. The first-order valence-corrected chi connectivity index (χ1v) is 8.97. The molecule has 0 aromatic heterocycles. The van der Waals surface area contributed by atoms with Crippen LogP contribution in [0.2, 0.25) is 0 Å². The predicted molar refractivity (Wildman–Crippen MR) is 101 cm³/mol. The molecule has 0 saturated heterocycles. The third kappa shape index (κ3) is 3.89. The molecule has 0 fully saturated rings. The first-order valence-electron chi connectivity index (χ1n) is 7.77. The molecule has 24 heavy (non-hydrogen) atoms. The van der Waals surface area contributed by atoms with Gasteiger partial charge in [-0.1, -0.05) is 0 Å². The molecule has 5 nitrogen and oxygen atoms in total. The molecule has 7 heteroatoms. The minimum atomic E-state index is -0.331. The molecule has 1 aromatic carbocycles. The van der Waals surface area contributed by atoms with Gasteiger partial charge < -0.3 is 20.1 Å². The summed E-state index contributed by atoms with van der Waals surface area (Å²) in [5.41, 5.74) is 2.29. The fraction of sp³-hybridized carbons (Fsp3) is 0.412. The molecular weight excluding hydrogens is 392 g/mol. The van der Waals surface area contributed by atoms with E-state index in [-0.39, 0.29) is 11.8 Å². The fourth-order valence-electron chi connectivity index (χ4n) is 2.71. The number of hydrogen-bond donors (Lipinski definition) is 2. The van der Waals surface area contributed by atoms with Crippen molar-refractivity contribution in [1.82, 2.24) is 10.6 Å². The van der Waals surface area contributed by atoms with E-state index in [1.165, 1.54) is 0 Å². The maximum atomic E-state index is 12.1. The quantitative estimate of drug-likeness (QED) is 0.695. The van der Waals surface area contributed by atoms with E-state index in [0.717, 1.165) is 15.7 Å². The van der Waals surface area contributed by atoms with Crippen LogP contribution in [0.3, 0.4) is 0 Å². The van der Waals surface area contributed by atoms with E-state index >= 15 is 0 Å². The normalized spacial score (nSPS) is 17.2. The lowest BCUT2D eigenvalue weighted by atomic mass is 9.93. The second-order valence-corrected chi connectivity index (χ2v) is 6.58. The summed E-state index contributed by atoms with van der Waals surface area (Å²) in [6.07, 6.45) is 0. The van der Waals surface area contributed by atoms with Crippen molar-refractivity contribution in [1.29, 1.82) is 0 Å². The topological polar surface area (TPSA) is 59.6 Å². The van der Waals surface area contributed by atoms with Crippen LogP contribution in [-0.4, -0.2) is 24.1 Å². The van der Waals surface area contributed by atoms with Gasteiger partial charge in [0.15, 0.2) is 22.4 Å². The number of ketones is 1. The van der Waals surface area contributed by atoms with Crippen LogP contribution < -0.4 is 20.1 Å². The molecule has 0 aliphatic carbocycles. The van der Waals surface area contributed by atoms with Crippen LogP contribution in [0.4, 0.5) is 0 Å². The van der Waals surface area contributed by atoms with Gasteiger partial charge in [0.05, 0.1) is 23.7 Å². The van der Waals surface area contributed by atoms with Crippen molar-refractivity contribution in [2.75, 3.05) is 13.2 Å². The van der Waals surface area contributed by atoms with E-state index in [1.807, 2.05) is 32.9 Å². The average molecular weight is 413 g/mol. The van der Waals surface area contributed by atoms with Crippen LogP contribution in [0.5, 0.6) is 11.5 Å². The van der Waals surface area contributed by atoms with Gasteiger partial charge >= 0.3 is 0 Å². The number of benzene rings is 1. The highest BCUT2D eigenvalue weighted by Crippen LogP contribution is 2.40. The first-order chi connectivity index (χ1) is 11.4. The third-order valence-electron chi connectivity index (χ3n) is 3.60. The van der Waals surface area contributed by atoms with Gasteiger partial charge in [-0.3, -0.25) is 4.79 Å². The van der Waals surface area contributed by atoms with E-state index < -0.39 is 0 Å². The van der Waals surface area contributed by atoms with Crippen molar-refractivity contribution in [2.45, 2.75) is 33.7 Å². The summed E-state index contributed by atoms with van der Waals surface area (Å²) in [6.45, 7) is 8.29. The van der Waals surface area contributed by atoms with Gasteiger partial charge in [-0.05, 0) is 73.5 Å². The van der Waals surface area contributed by atoms with Gasteiger partial charge in [0.2, 0.25) is 0 Å². The van der Waals surface area contributed by atoms with Crippen LogP contribution in [-0.2, 0) is 4.79 Å². The smallest absolute Gasteiger partial charge is 0.175 e. The minimum absolute atomic E-state index is 0.0111. The molecule has 0 radical (unpaired) electrons. The Morgan fingerprint density at radius 1 is 1.29 bits per heavy atom. The molecular formula is C17H21BrN2O3S. The van der Waals surface area contributed by atoms with Gasteiger partial charge in [0.25, 0.3) is 0 Å². The molecule has 1 aliphatic heterocycles. The SMILES string of the molecule is CCOc1cc(C2NC(=S)NC(C)=C2C(C)=O)cc(Br)c1OCC. The number of ether oxygens (including phenoxy) is 2. The molecule has 1 heterocycles. The fourth-order valence-corrected chi connectivity index (χ4v) is 3.56. The molecule has 1 atom stereocenters. The van der Waals surface area contributed by atoms with Gasteiger partial charge in [0, 0.05) is 11.3 Å². The van der Waals surface area contributed by atoms with Gasteiger partial charge in [0.1, 0.15) is 0 Å². The highest BCUT2D eigenvalue weighted by Gasteiger charge is 2.29. The summed E-state index contributed by atoms with van der Waals surface area (Å²) in [5, 5.41) is 6.67. The summed E-state index contributed by atoms with van der Waals surface area (Å²) in [6, 6.07) is 3.48. The van der Waals surface area contributed by atoms with Crippen molar-refractivity contribution >= 4 is 39.0 Å². The number of allylic oxidation sites excluding steroid dienone is 1. The maximum absolute atomic E-state index is 12.1. The molecule has 1 unspecified atom stereocenters. The lowest BCUT2D eigenvalue weighted by molar-refractivity contribution is -0.114. The van der Waals surface area contributed by atoms with Crippen molar-refractivity contribution in [3.63, 3.8) is 0 Å². The molecule has 2 N–H and O–H groups in total. The molecule has 2 rings (SSSR count). The van der Waals surface area contributed by atoms with Crippen LogP contribution in [0.25, 0.3) is 0 Å². The van der Waals surface area contributed by atoms with E-state index in [9.17, 15) is 4.79 Å². The largest absolute Gasteiger partial charge is 0.490 e. The number of carbonyl (C=O) groups excluding carboxylic acids is 1. The lowest BCUT2D eigenvalue weighted by Crippen LogP contribution is -2.44. The minimum Gasteiger partial charge on any atom is -0.490 e. The Labute approximate surface area is 155 Å². The predicted octanol–water partition coefficient (Wildman–Crippen LogP) is 3.63. The zero-order chi connectivity index (χ0) is 17.9. The van der Waals surface area contributed by atoms with Crippen LogP contribution >= 0.6 is 28.1 Å². The van der Waals surface area contributed by atoms with Crippen molar-refractivity contribution in [3.8, 4) is 11.5 Å². The Kier molecular flexibility index (Phi) is 6.23. The molecule has 0 saturated carbocycles. The highest BCUT2D eigenvalue weighted by atomic mass is 79.9.